The van der Waals surface area contributed by atoms with Gasteiger partial charge in [-0.2, -0.15) is 0 Å². The zero-order valence-corrected chi connectivity index (χ0v) is 16.8. The van der Waals surface area contributed by atoms with Crippen molar-refractivity contribution in [3.63, 3.8) is 0 Å². The topological polar surface area (TPSA) is 92.2 Å². The molecule has 1 aromatic carbocycles. The number of allylic oxidation sites excluding steroid dienone is 2. The molecule has 1 aliphatic carbocycles. The lowest BCUT2D eigenvalue weighted by atomic mass is 9.78. The number of ether oxygens (including phenoxy) is 2. The van der Waals surface area contributed by atoms with E-state index in [0.29, 0.717) is 17.3 Å². The standard InChI is InChI=1S/C19H25N3O4S/c1-19(2)8-12(20-11-5-6-15(25-3)16(7-11)26-4)17-13(9-19)21-14(10-27-17)18(23)22-24/h5-7,14,20,24H,8-10H2,1-4H3,(H,22,23). The molecule has 0 saturated carbocycles. The molecule has 1 heterocycles. The van der Waals surface area contributed by atoms with Crippen molar-refractivity contribution in [2.24, 2.45) is 10.4 Å². The Bertz CT molecular complexity index is 804. The summed E-state index contributed by atoms with van der Waals surface area (Å²) in [6, 6.07) is 5.16. The van der Waals surface area contributed by atoms with Gasteiger partial charge in [0.1, 0.15) is 6.04 Å². The van der Waals surface area contributed by atoms with Gasteiger partial charge in [-0.3, -0.25) is 15.0 Å². The third-order valence-electron chi connectivity index (χ3n) is 4.63. The molecule has 2 aliphatic rings. The van der Waals surface area contributed by atoms with E-state index in [9.17, 15) is 4.79 Å². The quantitative estimate of drug-likeness (QED) is 0.527. The number of amides is 1. The zero-order valence-electron chi connectivity index (χ0n) is 16.0. The van der Waals surface area contributed by atoms with Gasteiger partial charge in [0, 0.05) is 28.1 Å². The Labute approximate surface area is 163 Å². The highest BCUT2D eigenvalue weighted by atomic mass is 32.2. The summed E-state index contributed by atoms with van der Waals surface area (Å²) in [4.78, 5) is 17.5. The van der Waals surface area contributed by atoms with Crippen molar-refractivity contribution in [3.8, 4) is 11.5 Å². The van der Waals surface area contributed by atoms with Crippen molar-refractivity contribution >= 4 is 29.1 Å². The number of nitrogens with one attached hydrogen (secondary N) is 2. The van der Waals surface area contributed by atoms with Crippen LogP contribution >= 0.6 is 11.8 Å². The van der Waals surface area contributed by atoms with Crippen LogP contribution in [-0.2, 0) is 4.79 Å². The van der Waals surface area contributed by atoms with E-state index in [1.807, 2.05) is 18.2 Å². The number of hydrogen-bond acceptors (Lipinski definition) is 7. The minimum atomic E-state index is -0.560. The maximum absolute atomic E-state index is 11.8. The summed E-state index contributed by atoms with van der Waals surface area (Å²) in [5.41, 5.74) is 4.63. The second-order valence-corrected chi connectivity index (χ2v) is 8.43. The highest BCUT2D eigenvalue weighted by Gasteiger charge is 2.36. The zero-order chi connectivity index (χ0) is 19.6. The van der Waals surface area contributed by atoms with Crippen LogP contribution in [0.25, 0.3) is 0 Å². The first-order valence-electron chi connectivity index (χ1n) is 8.73. The average molecular weight is 391 g/mol. The third kappa shape index (κ3) is 4.22. The molecular weight excluding hydrogens is 366 g/mol. The number of nitrogens with zero attached hydrogens (tertiary/aromatic N) is 1. The fourth-order valence-corrected chi connectivity index (χ4v) is 4.53. The van der Waals surface area contributed by atoms with Gasteiger partial charge in [0.05, 0.1) is 19.9 Å². The van der Waals surface area contributed by atoms with Gasteiger partial charge >= 0.3 is 0 Å². The molecule has 1 aliphatic heterocycles. The summed E-state index contributed by atoms with van der Waals surface area (Å²) in [6.45, 7) is 4.37. The SMILES string of the molecule is COc1ccc(NC2=C3SCC(C(=O)NO)N=C3CC(C)(C)C2)cc1OC. The van der Waals surface area contributed by atoms with Crippen molar-refractivity contribution in [2.75, 3.05) is 25.3 Å². The smallest absolute Gasteiger partial charge is 0.268 e. The normalized spacial score (nSPS) is 21.1. The number of methoxy groups -OCH3 is 2. The lowest BCUT2D eigenvalue weighted by molar-refractivity contribution is -0.129. The summed E-state index contributed by atoms with van der Waals surface area (Å²) < 4.78 is 10.7. The van der Waals surface area contributed by atoms with E-state index in [1.165, 1.54) is 0 Å². The van der Waals surface area contributed by atoms with Crippen LogP contribution < -0.4 is 20.3 Å². The molecule has 27 heavy (non-hydrogen) atoms. The van der Waals surface area contributed by atoms with E-state index >= 15 is 0 Å². The first kappa shape index (κ1) is 19.6. The average Bonchev–Trinajstić information content (AvgIpc) is 2.65. The predicted molar refractivity (Wildman–Crippen MR) is 107 cm³/mol. The second-order valence-electron chi connectivity index (χ2n) is 7.40. The minimum absolute atomic E-state index is 0.0133. The van der Waals surface area contributed by atoms with E-state index in [4.69, 9.17) is 14.7 Å². The van der Waals surface area contributed by atoms with Crippen molar-refractivity contribution in [1.82, 2.24) is 5.48 Å². The van der Waals surface area contributed by atoms with Gasteiger partial charge < -0.3 is 14.8 Å². The number of thioether (sulfide) groups is 1. The number of carbonyl (C=O) groups excluding carboxylic acids is 1. The first-order valence-corrected chi connectivity index (χ1v) is 9.71. The Morgan fingerprint density at radius 3 is 2.67 bits per heavy atom. The summed E-state index contributed by atoms with van der Waals surface area (Å²) >= 11 is 1.60. The summed E-state index contributed by atoms with van der Waals surface area (Å²) in [7, 11) is 3.22. The van der Waals surface area contributed by atoms with Crippen LogP contribution in [0.5, 0.6) is 11.5 Å². The van der Waals surface area contributed by atoms with E-state index in [-0.39, 0.29) is 5.41 Å². The summed E-state index contributed by atoms with van der Waals surface area (Å²) in [5, 5.41) is 12.4. The lowest BCUT2D eigenvalue weighted by Crippen LogP contribution is -2.38. The summed E-state index contributed by atoms with van der Waals surface area (Å²) in [5.74, 6) is 1.37. The molecule has 1 amide bonds. The maximum atomic E-state index is 11.8. The number of carbonyl (C=O) groups is 1. The van der Waals surface area contributed by atoms with Crippen LogP contribution in [0, 0.1) is 5.41 Å². The molecule has 146 valence electrons. The minimum Gasteiger partial charge on any atom is -0.493 e. The van der Waals surface area contributed by atoms with Crippen molar-refractivity contribution in [3.05, 3.63) is 28.8 Å². The van der Waals surface area contributed by atoms with Gasteiger partial charge in [-0.1, -0.05) is 13.8 Å². The Kier molecular flexibility index (Phi) is 5.67. The molecule has 0 bridgehead atoms. The molecule has 7 nitrogen and oxygen atoms in total. The number of fused-ring (bicyclic) bond motifs is 1. The number of anilines is 1. The molecular formula is C19H25N3O4S. The van der Waals surface area contributed by atoms with Gasteiger partial charge in [-0.05, 0) is 30.4 Å². The molecule has 3 N–H and O–H groups in total. The largest absolute Gasteiger partial charge is 0.493 e. The van der Waals surface area contributed by atoms with Crippen LogP contribution in [0.15, 0.2) is 33.8 Å². The fourth-order valence-electron chi connectivity index (χ4n) is 3.39. The number of rotatable bonds is 5. The molecule has 0 aromatic heterocycles. The maximum Gasteiger partial charge on any atom is 0.268 e. The van der Waals surface area contributed by atoms with E-state index in [2.05, 4.69) is 24.2 Å². The molecule has 1 atom stereocenters. The number of benzene rings is 1. The molecule has 3 rings (SSSR count). The second kappa shape index (κ2) is 7.82. The molecule has 0 fully saturated rings. The fraction of sp³-hybridized carbons (Fsp3) is 0.474. The van der Waals surface area contributed by atoms with Crippen LogP contribution in [0.2, 0.25) is 0 Å². The highest BCUT2D eigenvalue weighted by Crippen LogP contribution is 2.44. The number of hydroxylamine groups is 1. The van der Waals surface area contributed by atoms with Gasteiger partial charge in [0.2, 0.25) is 0 Å². The van der Waals surface area contributed by atoms with Crippen LogP contribution in [0.3, 0.4) is 0 Å². The molecule has 0 saturated heterocycles. The van der Waals surface area contributed by atoms with Crippen molar-refractivity contribution < 1.29 is 19.5 Å². The highest BCUT2D eigenvalue weighted by molar-refractivity contribution is 8.04. The van der Waals surface area contributed by atoms with Gasteiger partial charge in [-0.25, -0.2) is 5.48 Å². The lowest BCUT2D eigenvalue weighted by Gasteiger charge is -2.36. The molecule has 0 spiro atoms. The van der Waals surface area contributed by atoms with E-state index in [1.54, 1.807) is 31.5 Å². The Morgan fingerprint density at radius 1 is 1.26 bits per heavy atom. The Balaban J connectivity index is 1.94. The Morgan fingerprint density at radius 2 is 2.00 bits per heavy atom. The Hall–Kier alpha value is -2.19. The first-order chi connectivity index (χ1) is 12.9. The van der Waals surface area contributed by atoms with E-state index < -0.39 is 11.9 Å². The number of hydrogen-bond donors (Lipinski definition) is 3. The van der Waals surface area contributed by atoms with Gasteiger partial charge in [0.25, 0.3) is 5.91 Å². The number of aliphatic imine (C=N–C) groups is 1. The van der Waals surface area contributed by atoms with Gasteiger partial charge in [0.15, 0.2) is 11.5 Å². The molecule has 1 aromatic rings. The molecule has 1 unspecified atom stereocenters. The van der Waals surface area contributed by atoms with Crippen LogP contribution in [0.4, 0.5) is 5.69 Å². The van der Waals surface area contributed by atoms with Crippen LogP contribution in [0.1, 0.15) is 26.7 Å². The van der Waals surface area contributed by atoms with Crippen molar-refractivity contribution in [2.45, 2.75) is 32.7 Å². The summed E-state index contributed by atoms with van der Waals surface area (Å²) in [6.07, 6.45) is 1.67. The third-order valence-corrected chi connectivity index (χ3v) is 5.88. The molecule has 8 heteroatoms. The van der Waals surface area contributed by atoms with E-state index in [0.717, 1.165) is 34.8 Å². The monoisotopic (exact) mass is 391 g/mol. The van der Waals surface area contributed by atoms with Gasteiger partial charge in [-0.15, -0.1) is 11.8 Å². The van der Waals surface area contributed by atoms with Crippen LogP contribution in [-0.4, -0.2) is 42.8 Å². The predicted octanol–water partition coefficient (Wildman–Crippen LogP) is 3.21. The van der Waals surface area contributed by atoms with Crippen molar-refractivity contribution in [1.29, 1.82) is 0 Å². The molecule has 0 radical (unpaired) electrons.